The van der Waals surface area contributed by atoms with E-state index in [0.717, 1.165) is 11.3 Å². The number of nitrogens with zero attached hydrogens (tertiary/aromatic N) is 1. The van der Waals surface area contributed by atoms with E-state index >= 15 is 0 Å². The second kappa shape index (κ2) is 4.72. The molecule has 0 aliphatic heterocycles. The van der Waals surface area contributed by atoms with E-state index in [1.807, 2.05) is 13.0 Å². The van der Waals surface area contributed by atoms with Crippen molar-refractivity contribution >= 4 is 0 Å². The van der Waals surface area contributed by atoms with Crippen molar-refractivity contribution in [3.05, 3.63) is 24.0 Å². The first-order chi connectivity index (χ1) is 5.88. The summed E-state index contributed by atoms with van der Waals surface area (Å²) in [6, 6.07) is 1.83. The van der Waals surface area contributed by atoms with Crippen LogP contribution in [0.3, 0.4) is 0 Å². The monoisotopic (exact) mass is 167 g/mol. The molecule has 0 aliphatic rings. The van der Waals surface area contributed by atoms with E-state index in [0.29, 0.717) is 13.2 Å². The van der Waals surface area contributed by atoms with Gasteiger partial charge in [0.15, 0.2) is 0 Å². The predicted molar refractivity (Wildman–Crippen MR) is 46.1 cm³/mol. The summed E-state index contributed by atoms with van der Waals surface area (Å²) in [4.78, 5) is 3.99. The van der Waals surface area contributed by atoms with Crippen LogP contribution in [0.4, 0.5) is 0 Å². The Kier molecular flexibility index (Phi) is 3.54. The maximum atomic E-state index is 5.24. The molecule has 0 atom stereocenters. The van der Waals surface area contributed by atoms with Crippen molar-refractivity contribution in [1.29, 1.82) is 0 Å². The first-order valence-electron chi connectivity index (χ1n) is 3.93. The predicted octanol–water partition coefficient (Wildman–Crippen LogP) is 1.63. The van der Waals surface area contributed by atoms with Crippen molar-refractivity contribution in [2.45, 2.75) is 13.5 Å². The third-order valence-electron chi connectivity index (χ3n) is 1.54. The molecular weight excluding hydrogens is 154 g/mol. The number of rotatable bonds is 4. The van der Waals surface area contributed by atoms with Crippen LogP contribution in [0.25, 0.3) is 0 Å². The molecule has 66 valence electrons. The SMILES string of the molecule is CCOCc1cnccc1OC. The van der Waals surface area contributed by atoms with Crippen molar-refractivity contribution in [2.24, 2.45) is 0 Å². The van der Waals surface area contributed by atoms with Gasteiger partial charge in [-0.15, -0.1) is 0 Å². The third kappa shape index (κ3) is 2.20. The van der Waals surface area contributed by atoms with Gasteiger partial charge in [0.2, 0.25) is 0 Å². The summed E-state index contributed by atoms with van der Waals surface area (Å²) in [6.45, 7) is 3.23. The zero-order chi connectivity index (χ0) is 8.81. The molecule has 0 radical (unpaired) electrons. The molecule has 0 aliphatic carbocycles. The molecule has 0 N–H and O–H groups in total. The van der Waals surface area contributed by atoms with E-state index in [1.54, 1.807) is 19.5 Å². The number of hydrogen-bond donors (Lipinski definition) is 0. The van der Waals surface area contributed by atoms with E-state index in [9.17, 15) is 0 Å². The fourth-order valence-electron chi connectivity index (χ4n) is 0.934. The molecule has 1 aromatic rings. The molecule has 0 spiro atoms. The van der Waals surface area contributed by atoms with E-state index in [1.165, 1.54) is 0 Å². The van der Waals surface area contributed by atoms with Crippen molar-refractivity contribution < 1.29 is 9.47 Å². The fraction of sp³-hybridized carbons (Fsp3) is 0.444. The summed E-state index contributed by atoms with van der Waals surface area (Å²) in [5.74, 6) is 0.832. The average Bonchev–Trinajstić information content (AvgIpc) is 2.15. The van der Waals surface area contributed by atoms with Gasteiger partial charge >= 0.3 is 0 Å². The molecule has 0 saturated carbocycles. The minimum atomic E-state index is 0.563. The number of pyridine rings is 1. The van der Waals surface area contributed by atoms with Crippen LogP contribution in [0.15, 0.2) is 18.5 Å². The van der Waals surface area contributed by atoms with Gasteiger partial charge in [-0.25, -0.2) is 0 Å². The Bertz CT molecular complexity index is 238. The standard InChI is InChI=1S/C9H13NO2/c1-3-12-7-8-6-10-5-4-9(8)11-2/h4-6H,3,7H2,1-2H3. The molecule has 1 heterocycles. The van der Waals surface area contributed by atoms with E-state index in [2.05, 4.69) is 4.98 Å². The second-order valence-electron chi connectivity index (χ2n) is 2.32. The van der Waals surface area contributed by atoms with Crippen molar-refractivity contribution in [3.8, 4) is 5.75 Å². The highest BCUT2D eigenvalue weighted by Crippen LogP contribution is 2.16. The van der Waals surface area contributed by atoms with Gasteiger partial charge in [0.1, 0.15) is 5.75 Å². The van der Waals surface area contributed by atoms with E-state index in [4.69, 9.17) is 9.47 Å². The van der Waals surface area contributed by atoms with E-state index in [-0.39, 0.29) is 0 Å². The quantitative estimate of drug-likeness (QED) is 0.683. The van der Waals surface area contributed by atoms with Gasteiger partial charge in [0, 0.05) is 24.6 Å². The Morgan fingerprint density at radius 1 is 1.50 bits per heavy atom. The Hall–Kier alpha value is -1.09. The van der Waals surface area contributed by atoms with Crippen LogP contribution in [0.1, 0.15) is 12.5 Å². The number of hydrogen-bond acceptors (Lipinski definition) is 3. The van der Waals surface area contributed by atoms with E-state index < -0.39 is 0 Å². The molecule has 3 heteroatoms. The lowest BCUT2D eigenvalue weighted by atomic mass is 10.3. The topological polar surface area (TPSA) is 31.4 Å². The van der Waals surface area contributed by atoms with Crippen molar-refractivity contribution in [2.75, 3.05) is 13.7 Å². The highest BCUT2D eigenvalue weighted by atomic mass is 16.5. The first-order valence-corrected chi connectivity index (χ1v) is 3.93. The van der Waals surface area contributed by atoms with Crippen molar-refractivity contribution in [3.63, 3.8) is 0 Å². The Morgan fingerprint density at radius 3 is 3.00 bits per heavy atom. The van der Waals surface area contributed by atoms with Gasteiger partial charge in [-0.2, -0.15) is 0 Å². The van der Waals surface area contributed by atoms with Crippen LogP contribution in [-0.2, 0) is 11.3 Å². The van der Waals surface area contributed by atoms with Crippen LogP contribution in [-0.4, -0.2) is 18.7 Å². The normalized spacial score (nSPS) is 9.83. The molecule has 12 heavy (non-hydrogen) atoms. The molecule has 0 amide bonds. The first kappa shape index (κ1) is 9.00. The number of aromatic nitrogens is 1. The van der Waals surface area contributed by atoms with Crippen LogP contribution in [0.5, 0.6) is 5.75 Å². The van der Waals surface area contributed by atoms with Gasteiger partial charge < -0.3 is 9.47 Å². The maximum absolute atomic E-state index is 5.24. The fourth-order valence-corrected chi connectivity index (χ4v) is 0.934. The minimum Gasteiger partial charge on any atom is -0.496 e. The second-order valence-corrected chi connectivity index (χ2v) is 2.32. The number of ether oxygens (including phenoxy) is 2. The summed E-state index contributed by atoms with van der Waals surface area (Å²) in [5.41, 5.74) is 0.988. The van der Waals surface area contributed by atoms with Gasteiger partial charge in [-0.3, -0.25) is 4.98 Å². The number of methoxy groups -OCH3 is 1. The van der Waals surface area contributed by atoms with Crippen LogP contribution in [0, 0.1) is 0 Å². The highest BCUT2D eigenvalue weighted by Gasteiger charge is 2.00. The summed E-state index contributed by atoms with van der Waals surface area (Å²) in [6.07, 6.45) is 3.46. The zero-order valence-corrected chi connectivity index (χ0v) is 7.41. The van der Waals surface area contributed by atoms with Crippen LogP contribution < -0.4 is 4.74 Å². The van der Waals surface area contributed by atoms with Crippen LogP contribution in [0.2, 0.25) is 0 Å². The van der Waals surface area contributed by atoms with Gasteiger partial charge in [0.05, 0.1) is 13.7 Å². The third-order valence-corrected chi connectivity index (χ3v) is 1.54. The smallest absolute Gasteiger partial charge is 0.127 e. The molecule has 0 fully saturated rings. The average molecular weight is 167 g/mol. The van der Waals surface area contributed by atoms with Gasteiger partial charge in [-0.05, 0) is 13.0 Å². The zero-order valence-electron chi connectivity index (χ0n) is 7.41. The highest BCUT2D eigenvalue weighted by molar-refractivity contribution is 5.29. The Morgan fingerprint density at radius 2 is 2.33 bits per heavy atom. The molecule has 0 bridgehead atoms. The van der Waals surface area contributed by atoms with Crippen LogP contribution >= 0.6 is 0 Å². The minimum absolute atomic E-state index is 0.563. The Labute approximate surface area is 72.3 Å². The van der Waals surface area contributed by atoms with Gasteiger partial charge in [-0.1, -0.05) is 0 Å². The maximum Gasteiger partial charge on any atom is 0.127 e. The molecule has 0 saturated heterocycles. The summed E-state index contributed by atoms with van der Waals surface area (Å²) < 4.78 is 10.4. The summed E-state index contributed by atoms with van der Waals surface area (Å²) in [7, 11) is 1.64. The lowest BCUT2D eigenvalue weighted by Gasteiger charge is -2.06. The van der Waals surface area contributed by atoms with Crippen molar-refractivity contribution in [1.82, 2.24) is 4.98 Å². The molecule has 1 aromatic heterocycles. The Balaban J connectivity index is 2.68. The van der Waals surface area contributed by atoms with Gasteiger partial charge in [0.25, 0.3) is 0 Å². The molecule has 0 unspecified atom stereocenters. The molecule has 0 aromatic carbocycles. The molecule has 3 nitrogen and oxygen atoms in total. The summed E-state index contributed by atoms with van der Waals surface area (Å²) >= 11 is 0. The summed E-state index contributed by atoms with van der Waals surface area (Å²) in [5, 5.41) is 0. The lowest BCUT2D eigenvalue weighted by molar-refractivity contribution is 0.131. The molecular formula is C9H13NO2. The lowest BCUT2D eigenvalue weighted by Crippen LogP contribution is -1.96. The molecule has 1 rings (SSSR count). The largest absolute Gasteiger partial charge is 0.496 e.